The normalized spacial score (nSPS) is 13.4. The van der Waals surface area contributed by atoms with Gasteiger partial charge in [-0.05, 0) is 24.3 Å². The van der Waals surface area contributed by atoms with Crippen LogP contribution in [0.4, 0.5) is 11.1 Å². The minimum atomic E-state index is -0.320. The van der Waals surface area contributed by atoms with Crippen molar-refractivity contribution in [1.82, 2.24) is 20.1 Å². The van der Waals surface area contributed by atoms with Gasteiger partial charge < -0.3 is 4.42 Å². The molecule has 0 saturated carbocycles. The zero-order chi connectivity index (χ0) is 18.4. The van der Waals surface area contributed by atoms with Crippen LogP contribution in [-0.2, 0) is 6.54 Å². The zero-order valence-electron chi connectivity index (χ0n) is 13.7. The third kappa shape index (κ3) is 2.64. The molecule has 1 aliphatic rings. The van der Waals surface area contributed by atoms with E-state index < -0.39 is 0 Å². The van der Waals surface area contributed by atoms with Crippen molar-refractivity contribution in [2.24, 2.45) is 0 Å². The SMILES string of the molecule is O=C1c2ccccc2C(=O)N1Cc1nnc(Nc2nc3ccccc3o2)s1. The maximum Gasteiger partial charge on any atom is 0.302 e. The van der Waals surface area contributed by atoms with Gasteiger partial charge in [0.2, 0.25) is 5.13 Å². The molecule has 0 spiro atoms. The highest BCUT2D eigenvalue weighted by Crippen LogP contribution is 2.27. The standard InChI is InChI=1S/C18H11N5O3S/c24-15-10-5-1-2-6-11(10)16(25)23(15)9-14-21-22-18(27-14)20-17-19-12-7-3-4-8-13(12)26-17/h1-8H,9H2,(H,19,20,22). The van der Waals surface area contributed by atoms with E-state index in [-0.39, 0.29) is 18.4 Å². The van der Waals surface area contributed by atoms with Gasteiger partial charge in [0.05, 0.1) is 17.7 Å². The number of amides is 2. The van der Waals surface area contributed by atoms with Crippen molar-refractivity contribution in [3.8, 4) is 0 Å². The number of carbonyl (C=O) groups excluding carboxylic acids is 2. The van der Waals surface area contributed by atoms with Gasteiger partial charge in [0.1, 0.15) is 10.5 Å². The van der Waals surface area contributed by atoms with Crippen LogP contribution in [0.2, 0.25) is 0 Å². The fourth-order valence-electron chi connectivity index (χ4n) is 2.90. The van der Waals surface area contributed by atoms with Crippen LogP contribution in [-0.4, -0.2) is 31.9 Å². The lowest BCUT2D eigenvalue weighted by Crippen LogP contribution is -2.29. The van der Waals surface area contributed by atoms with Crippen molar-refractivity contribution in [2.75, 3.05) is 5.32 Å². The summed E-state index contributed by atoms with van der Waals surface area (Å²) in [5, 5.41) is 12.0. The molecule has 0 radical (unpaired) electrons. The van der Waals surface area contributed by atoms with Gasteiger partial charge in [-0.25, -0.2) is 0 Å². The Hall–Kier alpha value is -3.59. The van der Waals surface area contributed by atoms with E-state index in [0.29, 0.717) is 32.9 Å². The van der Waals surface area contributed by atoms with E-state index in [2.05, 4.69) is 20.5 Å². The summed E-state index contributed by atoms with van der Waals surface area (Å²) >= 11 is 1.23. The van der Waals surface area contributed by atoms with E-state index >= 15 is 0 Å². The highest BCUT2D eigenvalue weighted by molar-refractivity contribution is 7.15. The van der Waals surface area contributed by atoms with E-state index in [4.69, 9.17) is 4.42 Å². The second kappa shape index (κ2) is 5.99. The van der Waals surface area contributed by atoms with E-state index in [1.165, 1.54) is 16.2 Å². The maximum atomic E-state index is 12.4. The van der Waals surface area contributed by atoms with Gasteiger partial charge >= 0.3 is 6.01 Å². The summed E-state index contributed by atoms with van der Waals surface area (Å²) in [6.07, 6.45) is 0. The van der Waals surface area contributed by atoms with Gasteiger partial charge in [-0.1, -0.05) is 35.6 Å². The number of aromatic nitrogens is 3. The molecule has 0 atom stereocenters. The Labute approximate surface area is 156 Å². The van der Waals surface area contributed by atoms with Gasteiger partial charge in [-0.3, -0.25) is 19.8 Å². The number of hydrogen-bond acceptors (Lipinski definition) is 8. The monoisotopic (exact) mass is 377 g/mol. The molecule has 0 aliphatic carbocycles. The summed E-state index contributed by atoms with van der Waals surface area (Å²) in [4.78, 5) is 30.3. The molecule has 0 bridgehead atoms. The molecule has 0 unspecified atom stereocenters. The number of imide groups is 1. The molecule has 1 N–H and O–H groups in total. The van der Waals surface area contributed by atoms with Crippen molar-refractivity contribution in [2.45, 2.75) is 6.54 Å². The van der Waals surface area contributed by atoms with Crippen molar-refractivity contribution < 1.29 is 14.0 Å². The van der Waals surface area contributed by atoms with Gasteiger partial charge in [-0.15, -0.1) is 10.2 Å². The van der Waals surface area contributed by atoms with E-state index in [9.17, 15) is 9.59 Å². The Morgan fingerprint density at radius 2 is 1.67 bits per heavy atom. The van der Waals surface area contributed by atoms with Gasteiger partial charge in [0.25, 0.3) is 11.8 Å². The highest BCUT2D eigenvalue weighted by Gasteiger charge is 2.35. The molecule has 2 aromatic heterocycles. The Bertz CT molecular complexity index is 1130. The molecule has 9 heteroatoms. The lowest BCUT2D eigenvalue weighted by Gasteiger charge is -2.10. The molecule has 2 aromatic carbocycles. The minimum absolute atomic E-state index is 0.0687. The smallest absolute Gasteiger partial charge is 0.302 e. The Kier molecular flexibility index (Phi) is 3.47. The van der Waals surface area contributed by atoms with Crippen molar-refractivity contribution in [3.05, 3.63) is 64.7 Å². The molecule has 5 rings (SSSR count). The average Bonchev–Trinajstić information content (AvgIpc) is 3.36. The molecular formula is C18H11N5O3S. The largest absolute Gasteiger partial charge is 0.423 e. The predicted octanol–water partition coefficient (Wildman–Crippen LogP) is 3.22. The fraction of sp³-hybridized carbons (Fsp3) is 0.0556. The summed E-state index contributed by atoms with van der Waals surface area (Å²) in [6.45, 7) is 0.0687. The lowest BCUT2D eigenvalue weighted by molar-refractivity contribution is 0.0642. The number of benzene rings is 2. The van der Waals surface area contributed by atoms with E-state index in [1.54, 1.807) is 24.3 Å². The third-order valence-corrected chi connectivity index (χ3v) is 4.97. The molecule has 132 valence electrons. The van der Waals surface area contributed by atoms with E-state index in [0.717, 1.165) is 5.52 Å². The first-order valence-corrected chi connectivity index (χ1v) is 8.91. The molecule has 27 heavy (non-hydrogen) atoms. The number of nitrogens with one attached hydrogen (secondary N) is 1. The van der Waals surface area contributed by atoms with Crippen molar-refractivity contribution in [1.29, 1.82) is 0 Å². The van der Waals surface area contributed by atoms with Crippen LogP contribution in [0, 0.1) is 0 Å². The van der Waals surface area contributed by atoms with Crippen LogP contribution in [0.15, 0.2) is 52.9 Å². The van der Waals surface area contributed by atoms with Gasteiger partial charge in [-0.2, -0.15) is 4.98 Å². The lowest BCUT2D eigenvalue weighted by atomic mass is 10.1. The van der Waals surface area contributed by atoms with Crippen LogP contribution in [0.5, 0.6) is 0 Å². The van der Waals surface area contributed by atoms with Crippen molar-refractivity contribution in [3.63, 3.8) is 0 Å². The van der Waals surface area contributed by atoms with Crippen LogP contribution in [0.25, 0.3) is 11.1 Å². The van der Waals surface area contributed by atoms with Crippen molar-refractivity contribution >= 4 is 45.4 Å². The number of nitrogens with zero attached hydrogens (tertiary/aromatic N) is 4. The second-order valence-corrected chi connectivity index (χ2v) is 6.92. The topological polar surface area (TPSA) is 101 Å². The van der Waals surface area contributed by atoms with Gasteiger partial charge in [0, 0.05) is 0 Å². The Morgan fingerprint density at radius 3 is 2.41 bits per heavy atom. The van der Waals surface area contributed by atoms with Crippen LogP contribution in [0.3, 0.4) is 0 Å². The summed E-state index contributed by atoms with van der Waals surface area (Å²) in [5.41, 5.74) is 2.22. The molecule has 4 aromatic rings. The first kappa shape index (κ1) is 15.6. The number of anilines is 2. The van der Waals surface area contributed by atoms with E-state index in [1.807, 2.05) is 24.3 Å². The maximum absolute atomic E-state index is 12.4. The summed E-state index contributed by atoms with van der Waals surface area (Å²) in [5.74, 6) is -0.640. The molecule has 8 nitrogen and oxygen atoms in total. The predicted molar refractivity (Wildman–Crippen MR) is 97.8 cm³/mol. The molecular weight excluding hydrogens is 366 g/mol. The number of carbonyl (C=O) groups is 2. The second-order valence-electron chi connectivity index (χ2n) is 5.85. The Morgan fingerprint density at radius 1 is 0.963 bits per heavy atom. The summed E-state index contributed by atoms with van der Waals surface area (Å²) < 4.78 is 5.59. The quantitative estimate of drug-likeness (QED) is 0.545. The van der Waals surface area contributed by atoms with Crippen LogP contribution >= 0.6 is 11.3 Å². The number of rotatable bonds is 4. The highest BCUT2D eigenvalue weighted by atomic mass is 32.1. The number of oxazole rings is 1. The average molecular weight is 377 g/mol. The number of fused-ring (bicyclic) bond motifs is 2. The number of para-hydroxylation sites is 2. The first-order chi connectivity index (χ1) is 13.2. The Balaban J connectivity index is 1.34. The minimum Gasteiger partial charge on any atom is -0.423 e. The number of hydrogen-bond donors (Lipinski definition) is 1. The third-order valence-electron chi connectivity index (χ3n) is 4.15. The molecule has 2 amide bonds. The fourth-order valence-corrected chi connectivity index (χ4v) is 3.62. The first-order valence-electron chi connectivity index (χ1n) is 8.09. The molecule has 1 aliphatic heterocycles. The molecule has 3 heterocycles. The van der Waals surface area contributed by atoms with Crippen LogP contribution in [0.1, 0.15) is 25.7 Å². The molecule has 0 fully saturated rings. The molecule has 0 saturated heterocycles. The summed E-state index contributed by atoms with van der Waals surface area (Å²) in [6, 6.07) is 14.5. The zero-order valence-corrected chi connectivity index (χ0v) is 14.6. The summed E-state index contributed by atoms with van der Waals surface area (Å²) in [7, 11) is 0. The van der Waals surface area contributed by atoms with Crippen LogP contribution < -0.4 is 5.32 Å². The van der Waals surface area contributed by atoms with Gasteiger partial charge in [0.15, 0.2) is 5.58 Å².